The molecular weight excluding hydrogens is 57.7 g/mol. The Morgan fingerprint density at radius 3 is 2.00 bits per heavy atom. The van der Waals surface area contributed by atoms with Gasteiger partial charge in [0.05, 0.1) is 0 Å². The van der Waals surface area contributed by atoms with Gasteiger partial charge in [0.2, 0.25) is 0 Å². The van der Waals surface area contributed by atoms with Crippen molar-refractivity contribution in [2.24, 2.45) is 0 Å². The van der Waals surface area contributed by atoms with E-state index in [1.807, 2.05) is 0 Å². The van der Waals surface area contributed by atoms with Crippen molar-refractivity contribution < 1.29 is 0 Å². The Bertz CT molecular complexity index is 31.9. The monoisotopic (exact) mass is 66.1 g/mol. The molecule has 0 unspecified atom stereocenters. The van der Waals surface area contributed by atoms with E-state index in [1.165, 1.54) is 19.7 Å². The molecule has 2 heteroatoms. The Balaban J connectivity index is 2.08. The van der Waals surface area contributed by atoms with Gasteiger partial charge in [-0.05, 0) is 0 Å². The Morgan fingerprint density at radius 2 is 2.00 bits per heavy atom. The van der Waals surface area contributed by atoms with Gasteiger partial charge in [-0.1, -0.05) is 19.3 Å². The highest BCUT2D eigenvalue weighted by Gasteiger charge is 2.15. The maximum Gasteiger partial charge on any atom is 0.121 e. The summed E-state index contributed by atoms with van der Waals surface area (Å²) in [5.74, 6) is 0. The van der Waals surface area contributed by atoms with Crippen LogP contribution in [0.25, 0.3) is 0 Å². The third-order valence-corrected chi connectivity index (χ3v) is 1.39. The van der Waals surface area contributed by atoms with E-state index in [4.69, 9.17) is 0 Å². The van der Waals surface area contributed by atoms with E-state index >= 15 is 0 Å². The topological polar surface area (TPSA) is 0 Å². The molecule has 1 fully saturated rings. The van der Waals surface area contributed by atoms with Gasteiger partial charge in [0.25, 0.3) is 0 Å². The highest BCUT2D eigenvalue weighted by Crippen LogP contribution is 2.08. The summed E-state index contributed by atoms with van der Waals surface area (Å²) in [5, 5.41) is 0. The van der Waals surface area contributed by atoms with Crippen LogP contribution in [0.5, 0.6) is 0 Å². The lowest BCUT2D eigenvalue weighted by atomic mass is 9.19. The normalized spacial score (nSPS) is 20.6. The molecule has 1 aliphatic heterocycles. The van der Waals surface area contributed by atoms with Crippen molar-refractivity contribution in [2.45, 2.75) is 19.3 Å². The van der Waals surface area contributed by atoms with Crippen LogP contribution in [0.4, 0.5) is 0 Å². The van der Waals surface area contributed by atoms with Gasteiger partial charge in [0, 0.05) is 0 Å². The van der Waals surface area contributed by atoms with Crippen molar-refractivity contribution >= 4 is 14.0 Å². The molecule has 1 aliphatic rings. The van der Waals surface area contributed by atoms with Crippen molar-refractivity contribution in [3.05, 3.63) is 0 Å². The smallest absolute Gasteiger partial charge is 0.0994 e. The molecule has 0 saturated carbocycles. The van der Waals surface area contributed by atoms with E-state index in [1.54, 1.807) is 0 Å². The van der Waals surface area contributed by atoms with Crippen molar-refractivity contribution in [1.29, 1.82) is 0 Å². The minimum atomic E-state index is 1.06. The predicted molar refractivity (Wildman–Crippen MR) is 28.4 cm³/mol. The summed E-state index contributed by atoms with van der Waals surface area (Å²) in [6.07, 6.45) is 2.97. The summed E-state index contributed by atoms with van der Waals surface area (Å²) in [4.78, 5) is 0. The summed E-state index contributed by atoms with van der Waals surface area (Å²) in [5.41, 5.74) is 0. The predicted octanol–water partition coefficient (Wildman–Crippen LogP) is 0.476. The van der Waals surface area contributed by atoms with E-state index in [-0.39, 0.29) is 0 Å². The molecular formula is C3H8B2. The van der Waals surface area contributed by atoms with Crippen LogP contribution in [-0.2, 0) is 0 Å². The molecule has 26 valence electrons. The number of hydrogen-bond acceptors (Lipinski definition) is 0. The van der Waals surface area contributed by atoms with Gasteiger partial charge < -0.3 is 0 Å². The summed E-state index contributed by atoms with van der Waals surface area (Å²) >= 11 is 0. The van der Waals surface area contributed by atoms with Gasteiger partial charge in [-0.3, -0.25) is 0 Å². The fraction of sp³-hybridized carbons (Fsp3) is 1.00. The lowest BCUT2D eigenvalue weighted by Crippen LogP contribution is -2.24. The largest absolute Gasteiger partial charge is 0.121 e. The minimum Gasteiger partial charge on any atom is -0.0994 e. The molecule has 0 amide bonds. The van der Waals surface area contributed by atoms with Gasteiger partial charge in [0.15, 0.2) is 0 Å². The molecule has 0 nitrogen and oxygen atoms in total. The fourth-order valence-electron chi connectivity index (χ4n) is 0.612. The molecule has 0 aromatic carbocycles. The van der Waals surface area contributed by atoms with Crippen LogP contribution in [-0.4, -0.2) is 14.0 Å². The van der Waals surface area contributed by atoms with E-state index in [0.29, 0.717) is 0 Å². The maximum atomic E-state index is 2.31. The average Bonchev–Trinajstić information content (AvgIpc) is 1.30. The Kier molecular flexibility index (Phi) is 0.716. The van der Waals surface area contributed by atoms with Crippen LogP contribution in [0.1, 0.15) is 0 Å². The van der Waals surface area contributed by atoms with Crippen LogP contribution in [0, 0.1) is 0 Å². The molecule has 0 N–H and O–H groups in total. The fourth-order valence-corrected chi connectivity index (χ4v) is 0.612. The molecule has 1 heterocycles. The molecule has 5 heavy (non-hydrogen) atoms. The SMILES string of the molecule is CB1CBC1. The standard InChI is InChI=1S/C3H8B2/c1-5-2-4-3-5/h4H,2-3H2,1H3. The first-order valence-electron chi connectivity index (χ1n) is 2.39. The number of hydrogen-bond donors (Lipinski definition) is 0. The second-order valence-corrected chi connectivity index (χ2v) is 2.04. The summed E-state index contributed by atoms with van der Waals surface area (Å²) in [6.45, 7) is 3.37. The second-order valence-electron chi connectivity index (χ2n) is 2.04. The first-order chi connectivity index (χ1) is 2.39. The zero-order chi connectivity index (χ0) is 3.70. The average molecular weight is 65.7 g/mol. The van der Waals surface area contributed by atoms with Gasteiger partial charge in [-0.25, -0.2) is 0 Å². The molecule has 0 aromatic heterocycles. The van der Waals surface area contributed by atoms with Crippen molar-refractivity contribution in [2.75, 3.05) is 0 Å². The maximum absolute atomic E-state index is 2.31. The zero-order valence-electron chi connectivity index (χ0n) is 3.70. The molecule has 1 saturated heterocycles. The molecule has 0 atom stereocenters. The minimum absolute atomic E-state index is 1.06. The first-order valence-corrected chi connectivity index (χ1v) is 2.39. The Labute approximate surface area is 34.3 Å². The highest BCUT2D eigenvalue weighted by molar-refractivity contribution is 6.85. The lowest BCUT2D eigenvalue weighted by molar-refractivity contribution is 1.60. The van der Waals surface area contributed by atoms with E-state index in [2.05, 4.69) is 6.82 Å². The third-order valence-electron chi connectivity index (χ3n) is 1.39. The summed E-state index contributed by atoms with van der Waals surface area (Å²) in [7, 11) is 1.49. The molecule has 0 aromatic rings. The number of rotatable bonds is 0. The molecule has 0 radical (unpaired) electrons. The molecule has 1 rings (SSSR count). The Morgan fingerprint density at radius 1 is 1.60 bits per heavy atom. The second kappa shape index (κ2) is 1.08. The van der Waals surface area contributed by atoms with Gasteiger partial charge in [-0.15, -0.1) is 0 Å². The van der Waals surface area contributed by atoms with Gasteiger partial charge in [0.1, 0.15) is 14.0 Å². The van der Waals surface area contributed by atoms with E-state index in [0.717, 1.165) is 6.71 Å². The van der Waals surface area contributed by atoms with Crippen molar-refractivity contribution in [3.8, 4) is 0 Å². The first kappa shape index (κ1) is 3.32. The lowest BCUT2D eigenvalue weighted by Gasteiger charge is -2.13. The quantitative estimate of drug-likeness (QED) is 0.360. The highest BCUT2D eigenvalue weighted by atomic mass is 13.6. The molecule has 0 bridgehead atoms. The van der Waals surface area contributed by atoms with E-state index < -0.39 is 0 Å². The van der Waals surface area contributed by atoms with Gasteiger partial charge >= 0.3 is 0 Å². The van der Waals surface area contributed by atoms with Crippen molar-refractivity contribution in [1.82, 2.24) is 0 Å². The van der Waals surface area contributed by atoms with Crippen LogP contribution in [0.15, 0.2) is 0 Å². The van der Waals surface area contributed by atoms with Crippen LogP contribution in [0.2, 0.25) is 19.3 Å². The zero-order valence-corrected chi connectivity index (χ0v) is 3.70. The van der Waals surface area contributed by atoms with Crippen LogP contribution in [0.3, 0.4) is 0 Å². The van der Waals surface area contributed by atoms with Gasteiger partial charge in [-0.2, -0.15) is 0 Å². The molecule has 0 aliphatic carbocycles. The summed E-state index contributed by atoms with van der Waals surface area (Å²) in [6, 6.07) is 0. The van der Waals surface area contributed by atoms with Crippen LogP contribution < -0.4 is 0 Å². The third kappa shape index (κ3) is 0.499. The van der Waals surface area contributed by atoms with Crippen LogP contribution >= 0.6 is 0 Å². The van der Waals surface area contributed by atoms with E-state index in [9.17, 15) is 0 Å². The summed E-state index contributed by atoms with van der Waals surface area (Å²) < 4.78 is 0. The van der Waals surface area contributed by atoms with Crippen molar-refractivity contribution in [3.63, 3.8) is 0 Å². The molecule has 0 spiro atoms. The Hall–Kier alpha value is 0.130.